The zero-order chi connectivity index (χ0) is 12.7. The van der Waals surface area contributed by atoms with E-state index in [1.165, 1.54) is 5.56 Å². The van der Waals surface area contributed by atoms with Gasteiger partial charge in [-0.1, -0.05) is 39.0 Å². The molecule has 4 N–H and O–H groups in total. The quantitative estimate of drug-likeness (QED) is 0.324. The number of anilines is 1. The first kappa shape index (κ1) is 13.5. The molecular formula is C13H22N4. The number of aryl methyl sites for hydroxylation is 1. The van der Waals surface area contributed by atoms with E-state index in [2.05, 4.69) is 42.6 Å². The Morgan fingerprint density at radius 1 is 1.35 bits per heavy atom. The maximum Gasteiger partial charge on any atom is 0.210 e. The third-order valence-corrected chi connectivity index (χ3v) is 2.40. The molecule has 94 valence electrons. The minimum Gasteiger partial charge on any atom is -0.325 e. The van der Waals surface area contributed by atoms with Crippen molar-refractivity contribution >= 4 is 11.6 Å². The standard InChI is InChI=1S/C13H22N4/c1-4-11-7-5-6-8-12(11)16-13(17-14)15-9-10(2)3/h5-8,10H,4,9,14H2,1-3H3,(H2,15,16,17). The number of rotatable bonds is 4. The van der Waals surface area contributed by atoms with Gasteiger partial charge in [-0.3, -0.25) is 10.4 Å². The predicted molar refractivity (Wildman–Crippen MR) is 73.9 cm³/mol. The van der Waals surface area contributed by atoms with Gasteiger partial charge in [0, 0.05) is 12.2 Å². The Balaban J connectivity index is 2.76. The summed E-state index contributed by atoms with van der Waals surface area (Å²) in [4.78, 5) is 4.38. The van der Waals surface area contributed by atoms with E-state index < -0.39 is 0 Å². The van der Waals surface area contributed by atoms with Crippen LogP contribution in [0.25, 0.3) is 0 Å². The number of para-hydroxylation sites is 1. The number of hydrazine groups is 1. The Labute approximate surface area is 103 Å². The number of aliphatic imine (C=N–C) groups is 1. The Hall–Kier alpha value is -1.55. The van der Waals surface area contributed by atoms with Gasteiger partial charge in [0.25, 0.3) is 0 Å². The molecular weight excluding hydrogens is 212 g/mol. The largest absolute Gasteiger partial charge is 0.325 e. The lowest BCUT2D eigenvalue weighted by atomic mass is 10.1. The van der Waals surface area contributed by atoms with Crippen LogP contribution in [0.2, 0.25) is 0 Å². The van der Waals surface area contributed by atoms with Crippen LogP contribution in [0.5, 0.6) is 0 Å². The average Bonchev–Trinajstić information content (AvgIpc) is 2.34. The maximum atomic E-state index is 5.46. The van der Waals surface area contributed by atoms with Crippen LogP contribution in [0.4, 0.5) is 5.69 Å². The fourth-order valence-corrected chi connectivity index (χ4v) is 1.47. The average molecular weight is 234 g/mol. The Morgan fingerprint density at radius 2 is 2.06 bits per heavy atom. The van der Waals surface area contributed by atoms with Crippen molar-refractivity contribution in [2.45, 2.75) is 27.2 Å². The third kappa shape index (κ3) is 4.44. The summed E-state index contributed by atoms with van der Waals surface area (Å²) < 4.78 is 0. The number of hydrogen-bond donors (Lipinski definition) is 3. The van der Waals surface area contributed by atoms with Crippen molar-refractivity contribution in [3.63, 3.8) is 0 Å². The topological polar surface area (TPSA) is 62.4 Å². The zero-order valence-corrected chi connectivity index (χ0v) is 10.8. The van der Waals surface area contributed by atoms with Crippen LogP contribution in [-0.4, -0.2) is 12.5 Å². The fraction of sp³-hybridized carbons (Fsp3) is 0.462. The van der Waals surface area contributed by atoms with Gasteiger partial charge in [-0.2, -0.15) is 0 Å². The highest BCUT2D eigenvalue weighted by Crippen LogP contribution is 2.15. The monoisotopic (exact) mass is 234 g/mol. The molecule has 0 aromatic heterocycles. The molecule has 4 heteroatoms. The fourth-order valence-electron chi connectivity index (χ4n) is 1.47. The number of hydrogen-bond acceptors (Lipinski definition) is 2. The third-order valence-electron chi connectivity index (χ3n) is 2.40. The van der Waals surface area contributed by atoms with E-state index in [-0.39, 0.29) is 0 Å². The second-order valence-corrected chi connectivity index (χ2v) is 4.36. The van der Waals surface area contributed by atoms with Gasteiger partial charge in [0.2, 0.25) is 5.96 Å². The molecule has 0 atom stereocenters. The van der Waals surface area contributed by atoms with Gasteiger partial charge in [0.05, 0.1) is 0 Å². The van der Waals surface area contributed by atoms with E-state index in [0.717, 1.165) is 18.7 Å². The van der Waals surface area contributed by atoms with Crippen LogP contribution in [0.15, 0.2) is 29.3 Å². The van der Waals surface area contributed by atoms with Crippen molar-refractivity contribution in [3.8, 4) is 0 Å². The van der Waals surface area contributed by atoms with E-state index in [0.29, 0.717) is 11.9 Å². The molecule has 1 aromatic carbocycles. The second-order valence-electron chi connectivity index (χ2n) is 4.36. The summed E-state index contributed by atoms with van der Waals surface area (Å²) >= 11 is 0. The first-order valence-electron chi connectivity index (χ1n) is 6.03. The molecule has 0 aliphatic rings. The minimum absolute atomic E-state index is 0.515. The molecule has 0 saturated carbocycles. The van der Waals surface area contributed by atoms with Crippen molar-refractivity contribution in [3.05, 3.63) is 29.8 Å². The molecule has 1 aromatic rings. The maximum absolute atomic E-state index is 5.46. The molecule has 0 heterocycles. The summed E-state index contributed by atoms with van der Waals surface area (Å²) in [6.45, 7) is 7.12. The van der Waals surface area contributed by atoms with Crippen LogP contribution in [0.3, 0.4) is 0 Å². The van der Waals surface area contributed by atoms with Gasteiger partial charge in [0.1, 0.15) is 0 Å². The van der Waals surface area contributed by atoms with Crippen LogP contribution >= 0.6 is 0 Å². The summed E-state index contributed by atoms with van der Waals surface area (Å²) in [5.41, 5.74) is 4.90. The number of nitrogens with zero attached hydrogens (tertiary/aromatic N) is 1. The summed E-state index contributed by atoms with van der Waals surface area (Å²) in [6.07, 6.45) is 0.977. The van der Waals surface area contributed by atoms with Crippen molar-refractivity contribution in [2.24, 2.45) is 16.8 Å². The van der Waals surface area contributed by atoms with Gasteiger partial charge in [-0.05, 0) is 24.0 Å². The van der Waals surface area contributed by atoms with Crippen molar-refractivity contribution < 1.29 is 0 Å². The van der Waals surface area contributed by atoms with Crippen LogP contribution in [-0.2, 0) is 6.42 Å². The highest BCUT2D eigenvalue weighted by atomic mass is 15.3. The van der Waals surface area contributed by atoms with Crippen LogP contribution in [0, 0.1) is 5.92 Å². The van der Waals surface area contributed by atoms with Crippen molar-refractivity contribution in [2.75, 3.05) is 11.9 Å². The summed E-state index contributed by atoms with van der Waals surface area (Å²) in [5, 5.41) is 3.22. The lowest BCUT2D eigenvalue weighted by molar-refractivity contribution is 0.663. The Morgan fingerprint density at radius 3 is 2.65 bits per heavy atom. The van der Waals surface area contributed by atoms with E-state index in [4.69, 9.17) is 5.84 Å². The Bertz CT molecular complexity index is 371. The molecule has 0 radical (unpaired) electrons. The van der Waals surface area contributed by atoms with Crippen LogP contribution < -0.4 is 16.6 Å². The molecule has 1 rings (SSSR count). The van der Waals surface area contributed by atoms with Crippen molar-refractivity contribution in [1.82, 2.24) is 5.43 Å². The number of guanidine groups is 1. The normalized spacial score (nSPS) is 11.7. The molecule has 0 fully saturated rings. The smallest absolute Gasteiger partial charge is 0.210 e. The first-order valence-corrected chi connectivity index (χ1v) is 6.03. The summed E-state index contributed by atoms with van der Waals surface area (Å²) in [5.74, 6) is 6.58. The second kappa shape index (κ2) is 6.91. The van der Waals surface area contributed by atoms with Gasteiger partial charge in [0.15, 0.2) is 0 Å². The molecule has 4 nitrogen and oxygen atoms in total. The highest BCUT2D eigenvalue weighted by molar-refractivity contribution is 5.93. The van der Waals surface area contributed by atoms with Gasteiger partial charge in [-0.25, -0.2) is 5.84 Å². The molecule has 17 heavy (non-hydrogen) atoms. The first-order chi connectivity index (χ1) is 8.17. The number of benzene rings is 1. The molecule has 0 unspecified atom stereocenters. The summed E-state index contributed by atoms with van der Waals surface area (Å²) in [6, 6.07) is 8.16. The zero-order valence-electron chi connectivity index (χ0n) is 10.8. The molecule has 0 spiro atoms. The van der Waals surface area contributed by atoms with E-state index >= 15 is 0 Å². The lowest BCUT2D eigenvalue weighted by Gasteiger charge is -2.13. The predicted octanol–water partition coefficient (Wildman–Crippen LogP) is 2.14. The summed E-state index contributed by atoms with van der Waals surface area (Å²) in [7, 11) is 0. The SMILES string of the molecule is CCc1ccccc1NC(=NCC(C)C)NN. The van der Waals surface area contributed by atoms with Gasteiger partial charge >= 0.3 is 0 Å². The van der Waals surface area contributed by atoms with Gasteiger partial charge in [-0.15, -0.1) is 0 Å². The minimum atomic E-state index is 0.515. The number of nitrogens with two attached hydrogens (primary N) is 1. The van der Waals surface area contributed by atoms with E-state index in [9.17, 15) is 0 Å². The lowest BCUT2D eigenvalue weighted by Crippen LogP contribution is -2.36. The molecule has 0 bridgehead atoms. The van der Waals surface area contributed by atoms with Crippen LogP contribution in [0.1, 0.15) is 26.3 Å². The van der Waals surface area contributed by atoms with E-state index in [1.807, 2.05) is 18.2 Å². The molecule has 0 aliphatic carbocycles. The molecule has 0 amide bonds. The van der Waals surface area contributed by atoms with Gasteiger partial charge < -0.3 is 5.32 Å². The highest BCUT2D eigenvalue weighted by Gasteiger charge is 2.02. The Kier molecular flexibility index (Phi) is 5.49. The molecule has 0 aliphatic heterocycles. The number of nitrogens with one attached hydrogen (secondary N) is 2. The van der Waals surface area contributed by atoms with E-state index in [1.54, 1.807) is 0 Å². The molecule has 0 saturated heterocycles. The van der Waals surface area contributed by atoms with Crippen molar-refractivity contribution in [1.29, 1.82) is 0 Å².